The minimum absolute atomic E-state index is 0. The van der Waals surface area contributed by atoms with Gasteiger partial charge >= 0.3 is 5.97 Å². The van der Waals surface area contributed by atoms with Crippen LogP contribution in [0.1, 0.15) is 33.6 Å². The summed E-state index contributed by atoms with van der Waals surface area (Å²) in [5.74, 6) is 1.41. The monoisotopic (exact) mass is 441 g/mol. The van der Waals surface area contributed by atoms with Crippen molar-refractivity contribution in [2.45, 2.75) is 33.6 Å². The lowest BCUT2D eigenvalue weighted by Crippen LogP contribution is -2.47. The third-order valence-electron chi connectivity index (χ3n) is 3.61. The summed E-state index contributed by atoms with van der Waals surface area (Å²) < 4.78 is 10.7. The van der Waals surface area contributed by atoms with Crippen LogP contribution in [0.4, 0.5) is 0 Å². The molecule has 1 N–H and O–H groups in total. The van der Waals surface area contributed by atoms with E-state index in [1.807, 2.05) is 6.92 Å². The predicted molar refractivity (Wildman–Crippen MR) is 103 cm³/mol. The fraction of sp³-hybridized carbons (Fsp3) is 0.875. The van der Waals surface area contributed by atoms with Crippen LogP contribution in [0, 0.1) is 11.8 Å². The van der Waals surface area contributed by atoms with E-state index >= 15 is 0 Å². The molecular formula is C16H32IN3O3. The quantitative estimate of drug-likeness (QED) is 0.216. The fourth-order valence-corrected chi connectivity index (χ4v) is 2.47. The highest BCUT2D eigenvalue weighted by molar-refractivity contribution is 14.0. The van der Waals surface area contributed by atoms with Gasteiger partial charge in [-0.05, 0) is 25.7 Å². The van der Waals surface area contributed by atoms with Crippen LogP contribution in [0.2, 0.25) is 0 Å². The second kappa shape index (κ2) is 12.8. The first kappa shape index (κ1) is 22.4. The van der Waals surface area contributed by atoms with Crippen LogP contribution in [0.25, 0.3) is 0 Å². The Morgan fingerprint density at radius 2 is 2.00 bits per heavy atom. The molecule has 7 heteroatoms. The molecule has 1 aliphatic rings. The Morgan fingerprint density at radius 3 is 2.52 bits per heavy atom. The molecule has 1 rings (SSSR count). The molecule has 6 nitrogen and oxygen atoms in total. The number of aliphatic imine (C=N–C) groups is 1. The molecule has 1 heterocycles. The number of carbonyl (C=O) groups is 1. The van der Waals surface area contributed by atoms with E-state index < -0.39 is 0 Å². The van der Waals surface area contributed by atoms with Crippen LogP contribution >= 0.6 is 24.0 Å². The van der Waals surface area contributed by atoms with Crippen molar-refractivity contribution < 1.29 is 14.3 Å². The van der Waals surface area contributed by atoms with Gasteiger partial charge in [0.15, 0.2) is 5.96 Å². The average Bonchev–Trinajstić information content (AvgIpc) is 2.51. The summed E-state index contributed by atoms with van der Waals surface area (Å²) in [6.45, 7) is 10.4. The maximum atomic E-state index is 11.7. The van der Waals surface area contributed by atoms with Crippen molar-refractivity contribution in [2.75, 3.05) is 46.5 Å². The van der Waals surface area contributed by atoms with E-state index in [4.69, 9.17) is 9.47 Å². The topological polar surface area (TPSA) is 63.2 Å². The summed E-state index contributed by atoms with van der Waals surface area (Å²) in [5, 5.41) is 3.32. The number of rotatable bonds is 7. The summed E-state index contributed by atoms with van der Waals surface area (Å²) in [4.78, 5) is 18.2. The van der Waals surface area contributed by atoms with Crippen LogP contribution in [0.3, 0.4) is 0 Å². The Balaban J connectivity index is 0.00000484. The van der Waals surface area contributed by atoms with Crippen molar-refractivity contribution in [3.05, 3.63) is 0 Å². The van der Waals surface area contributed by atoms with Crippen molar-refractivity contribution in [1.29, 1.82) is 0 Å². The number of esters is 1. The molecule has 1 saturated heterocycles. The van der Waals surface area contributed by atoms with Gasteiger partial charge in [-0.3, -0.25) is 9.79 Å². The normalized spacial score (nSPS) is 16.2. The van der Waals surface area contributed by atoms with Gasteiger partial charge in [0.05, 0.1) is 19.1 Å². The van der Waals surface area contributed by atoms with Crippen molar-refractivity contribution >= 4 is 35.9 Å². The molecule has 136 valence electrons. The van der Waals surface area contributed by atoms with Crippen LogP contribution in [-0.2, 0) is 14.3 Å². The maximum absolute atomic E-state index is 11.7. The molecule has 0 aliphatic carbocycles. The van der Waals surface area contributed by atoms with Crippen molar-refractivity contribution in [3.8, 4) is 0 Å². The second-order valence-corrected chi connectivity index (χ2v) is 5.96. The average molecular weight is 441 g/mol. The van der Waals surface area contributed by atoms with E-state index in [1.54, 1.807) is 7.05 Å². The molecule has 23 heavy (non-hydrogen) atoms. The van der Waals surface area contributed by atoms with Gasteiger partial charge in [-0.25, -0.2) is 0 Å². The molecular weight excluding hydrogens is 409 g/mol. The molecule has 0 saturated carbocycles. The lowest BCUT2D eigenvalue weighted by atomic mass is 9.97. The van der Waals surface area contributed by atoms with Gasteiger partial charge in [-0.15, -0.1) is 24.0 Å². The zero-order chi connectivity index (χ0) is 16.4. The first-order valence-corrected chi connectivity index (χ1v) is 8.28. The molecule has 0 atom stereocenters. The molecule has 0 bridgehead atoms. The fourth-order valence-electron chi connectivity index (χ4n) is 2.47. The predicted octanol–water partition coefficient (Wildman–Crippen LogP) is 2.13. The number of nitrogens with one attached hydrogen (secondary N) is 1. The first-order chi connectivity index (χ1) is 10.6. The Bertz CT molecular complexity index is 356. The number of piperidine rings is 1. The number of guanidine groups is 1. The van der Waals surface area contributed by atoms with E-state index in [-0.39, 0.29) is 35.9 Å². The minimum atomic E-state index is -0.0628. The summed E-state index contributed by atoms with van der Waals surface area (Å²) in [5.41, 5.74) is 0. The van der Waals surface area contributed by atoms with E-state index in [0.29, 0.717) is 19.1 Å². The lowest BCUT2D eigenvalue weighted by molar-refractivity contribution is -0.149. The van der Waals surface area contributed by atoms with Crippen LogP contribution < -0.4 is 5.32 Å². The molecule has 0 spiro atoms. The van der Waals surface area contributed by atoms with Gasteiger partial charge < -0.3 is 19.7 Å². The summed E-state index contributed by atoms with van der Waals surface area (Å²) >= 11 is 0. The summed E-state index contributed by atoms with van der Waals surface area (Å²) in [7, 11) is 1.79. The highest BCUT2D eigenvalue weighted by atomic mass is 127. The van der Waals surface area contributed by atoms with Gasteiger partial charge in [-0.1, -0.05) is 13.8 Å². The van der Waals surface area contributed by atoms with Gasteiger partial charge in [0, 0.05) is 33.3 Å². The number of likely N-dealkylation sites (tertiary alicyclic amines) is 1. The summed E-state index contributed by atoms with van der Waals surface area (Å²) in [6, 6.07) is 0. The number of nitrogens with zero attached hydrogens (tertiary/aromatic N) is 2. The molecule has 0 radical (unpaired) electrons. The van der Waals surface area contributed by atoms with E-state index in [0.717, 1.165) is 45.0 Å². The maximum Gasteiger partial charge on any atom is 0.309 e. The van der Waals surface area contributed by atoms with Gasteiger partial charge in [0.25, 0.3) is 0 Å². The molecule has 0 aromatic carbocycles. The Hall–Kier alpha value is -0.570. The highest BCUT2D eigenvalue weighted by Crippen LogP contribution is 2.18. The van der Waals surface area contributed by atoms with Gasteiger partial charge in [-0.2, -0.15) is 0 Å². The van der Waals surface area contributed by atoms with Gasteiger partial charge in [0.1, 0.15) is 0 Å². The highest BCUT2D eigenvalue weighted by Gasteiger charge is 2.27. The molecule has 1 fully saturated rings. The van der Waals surface area contributed by atoms with Crippen molar-refractivity contribution in [1.82, 2.24) is 10.2 Å². The Morgan fingerprint density at radius 1 is 1.35 bits per heavy atom. The second-order valence-electron chi connectivity index (χ2n) is 5.96. The zero-order valence-electron chi connectivity index (χ0n) is 14.8. The zero-order valence-corrected chi connectivity index (χ0v) is 17.2. The van der Waals surface area contributed by atoms with Gasteiger partial charge in [0.2, 0.25) is 0 Å². The number of ether oxygens (including phenoxy) is 2. The molecule has 0 aromatic heterocycles. The van der Waals surface area contributed by atoms with Crippen LogP contribution in [0.15, 0.2) is 4.99 Å². The SMILES string of the molecule is CCOC(=O)C1CCN(C(=NC)NCCOCC(C)C)CC1.I. The van der Waals surface area contributed by atoms with E-state index in [1.165, 1.54) is 0 Å². The molecule has 0 amide bonds. The number of carbonyl (C=O) groups excluding carboxylic acids is 1. The standard InChI is InChI=1S/C16H31N3O3.HI/c1-5-22-15(20)14-6-9-19(10-7-14)16(17-4)18-8-11-21-12-13(2)3;/h13-14H,5-12H2,1-4H3,(H,17,18);1H. The number of hydrogen-bond donors (Lipinski definition) is 1. The Kier molecular flexibility index (Phi) is 12.5. The summed E-state index contributed by atoms with van der Waals surface area (Å²) in [6.07, 6.45) is 1.65. The largest absolute Gasteiger partial charge is 0.466 e. The molecule has 1 aliphatic heterocycles. The van der Waals surface area contributed by atoms with E-state index in [2.05, 4.69) is 29.1 Å². The van der Waals surface area contributed by atoms with E-state index in [9.17, 15) is 4.79 Å². The van der Waals surface area contributed by atoms with Crippen molar-refractivity contribution in [2.24, 2.45) is 16.8 Å². The van der Waals surface area contributed by atoms with Crippen LogP contribution in [0.5, 0.6) is 0 Å². The van der Waals surface area contributed by atoms with Crippen LogP contribution in [-0.4, -0.2) is 63.3 Å². The third-order valence-corrected chi connectivity index (χ3v) is 3.61. The lowest BCUT2D eigenvalue weighted by Gasteiger charge is -2.33. The molecule has 0 aromatic rings. The first-order valence-electron chi connectivity index (χ1n) is 8.28. The smallest absolute Gasteiger partial charge is 0.309 e. The molecule has 0 unspecified atom stereocenters. The number of halogens is 1. The minimum Gasteiger partial charge on any atom is -0.466 e. The number of hydrogen-bond acceptors (Lipinski definition) is 4. The Labute approximate surface area is 157 Å². The van der Waals surface area contributed by atoms with Crippen molar-refractivity contribution in [3.63, 3.8) is 0 Å². The third kappa shape index (κ3) is 8.74.